The molecule has 0 saturated carbocycles. The molecule has 3 aromatic rings. The van der Waals surface area contributed by atoms with Crippen LogP contribution in [-0.2, 0) is 16.2 Å². The molecule has 0 saturated heterocycles. The zero-order valence-electron chi connectivity index (χ0n) is 20.9. The number of rotatable bonds is 2. The Morgan fingerprint density at radius 2 is 0.971 bits per heavy atom. The number of hydrogen-bond donors (Lipinski definition) is 2. The van der Waals surface area contributed by atoms with Crippen molar-refractivity contribution < 1.29 is 29.2 Å². The first-order valence-corrected chi connectivity index (χ1v) is 11.9. The van der Waals surface area contributed by atoms with E-state index in [4.69, 9.17) is 18.9 Å². The molecule has 2 aliphatic carbocycles. The minimum atomic E-state index is -0.248. The Balaban J connectivity index is 1.56. The van der Waals surface area contributed by atoms with Crippen molar-refractivity contribution in [2.45, 2.75) is 56.8 Å². The van der Waals surface area contributed by atoms with Gasteiger partial charge in [-0.2, -0.15) is 0 Å². The van der Waals surface area contributed by atoms with E-state index in [9.17, 15) is 10.2 Å². The van der Waals surface area contributed by atoms with Gasteiger partial charge in [0.2, 0.25) is 0 Å². The Hall–Kier alpha value is -3.54. The molecule has 1 aliphatic heterocycles. The van der Waals surface area contributed by atoms with Gasteiger partial charge in [0.15, 0.2) is 46.0 Å². The number of ether oxygens (including phenoxy) is 4. The van der Waals surface area contributed by atoms with Crippen molar-refractivity contribution in [1.82, 2.24) is 0 Å². The molecular weight excluding hydrogens is 444 g/mol. The second kappa shape index (κ2) is 6.78. The fourth-order valence-corrected chi connectivity index (χ4v) is 6.73. The first-order valence-electron chi connectivity index (χ1n) is 11.9. The average molecular weight is 475 g/mol. The van der Waals surface area contributed by atoms with Crippen LogP contribution in [0.4, 0.5) is 0 Å². The van der Waals surface area contributed by atoms with E-state index in [-0.39, 0.29) is 27.7 Å². The third-order valence-corrected chi connectivity index (χ3v) is 8.07. The second-order valence-electron chi connectivity index (χ2n) is 11.3. The van der Waals surface area contributed by atoms with Crippen molar-refractivity contribution in [3.8, 4) is 46.0 Å². The number of phenolic OH excluding ortho intramolecular Hbond substituents is 2. The molecule has 6 heteroatoms. The van der Waals surface area contributed by atoms with Gasteiger partial charge < -0.3 is 29.2 Å². The molecule has 3 aliphatic rings. The van der Waals surface area contributed by atoms with Gasteiger partial charge in [0.05, 0.1) is 14.2 Å². The molecule has 0 fully saturated rings. The summed E-state index contributed by atoms with van der Waals surface area (Å²) in [7, 11) is 3.35. The van der Waals surface area contributed by atoms with E-state index in [1.54, 1.807) is 14.2 Å². The second-order valence-corrected chi connectivity index (χ2v) is 11.3. The fraction of sp³-hybridized carbons (Fsp3) is 0.379. The zero-order chi connectivity index (χ0) is 24.9. The highest BCUT2D eigenvalue weighted by atomic mass is 16.6. The first-order chi connectivity index (χ1) is 16.5. The number of phenols is 2. The molecule has 1 unspecified atom stereocenters. The lowest BCUT2D eigenvalue weighted by atomic mass is 9.72. The highest BCUT2D eigenvalue weighted by molar-refractivity contribution is 5.68. The van der Waals surface area contributed by atoms with E-state index in [1.165, 1.54) is 34.4 Å². The van der Waals surface area contributed by atoms with E-state index in [2.05, 4.69) is 52.0 Å². The van der Waals surface area contributed by atoms with Gasteiger partial charge in [-0.05, 0) is 70.2 Å². The first kappa shape index (κ1) is 22.0. The molecule has 1 heterocycles. The largest absolute Gasteiger partial charge is 0.504 e. The highest BCUT2D eigenvalue weighted by Gasteiger charge is 2.57. The number of fused-ring (bicyclic) bond motifs is 6. The van der Waals surface area contributed by atoms with E-state index in [0.29, 0.717) is 23.0 Å². The van der Waals surface area contributed by atoms with Crippen molar-refractivity contribution in [1.29, 1.82) is 0 Å². The Kier molecular flexibility index (Phi) is 4.25. The van der Waals surface area contributed by atoms with Crippen LogP contribution in [0.15, 0.2) is 36.4 Å². The summed E-state index contributed by atoms with van der Waals surface area (Å²) in [4.78, 5) is 0. The molecule has 1 atom stereocenters. The van der Waals surface area contributed by atoms with E-state index < -0.39 is 0 Å². The summed E-state index contributed by atoms with van der Waals surface area (Å²) in [6, 6.07) is 11.2. The van der Waals surface area contributed by atoms with Gasteiger partial charge in [0.25, 0.3) is 0 Å². The van der Waals surface area contributed by atoms with Gasteiger partial charge in [0, 0.05) is 17.5 Å². The van der Waals surface area contributed by atoms with Crippen molar-refractivity contribution in [3.63, 3.8) is 0 Å². The van der Waals surface area contributed by atoms with Crippen molar-refractivity contribution in [2.75, 3.05) is 14.2 Å². The molecule has 1 spiro atoms. The molecule has 3 aromatic carbocycles. The molecule has 182 valence electrons. The Labute approximate surface area is 205 Å². The number of methoxy groups -OCH3 is 2. The number of aromatic hydroxyl groups is 2. The lowest BCUT2D eigenvalue weighted by Crippen LogP contribution is -2.27. The SMILES string of the molecule is COc1cc2c(cc1OC)C1(CC2(C)C)CC(C)(C)c2cc3c(cc21)Oc1cc(O)c(O)cc1O3. The highest BCUT2D eigenvalue weighted by Crippen LogP contribution is 2.65. The van der Waals surface area contributed by atoms with Gasteiger partial charge in [-0.15, -0.1) is 0 Å². The van der Waals surface area contributed by atoms with Crippen LogP contribution in [0.25, 0.3) is 0 Å². The third kappa shape index (κ3) is 2.89. The quantitative estimate of drug-likeness (QED) is 0.316. The third-order valence-electron chi connectivity index (χ3n) is 8.07. The van der Waals surface area contributed by atoms with Crippen molar-refractivity contribution in [2.24, 2.45) is 0 Å². The Morgan fingerprint density at radius 3 is 1.46 bits per heavy atom. The van der Waals surface area contributed by atoms with Crippen LogP contribution in [-0.4, -0.2) is 24.4 Å². The maximum Gasteiger partial charge on any atom is 0.174 e. The van der Waals surface area contributed by atoms with Crippen LogP contribution in [0.3, 0.4) is 0 Å². The smallest absolute Gasteiger partial charge is 0.174 e. The summed E-state index contributed by atoms with van der Waals surface area (Å²) in [5.74, 6) is 2.95. The fourth-order valence-electron chi connectivity index (χ4n) is 6.73. The summed E-state index contributed by atoms with van der Waals surface area (Å²) in [6.45, 7) is 9.14. The predicted molar refractivity (Wildman–Crippen MR) is 132 cm³/mol. The number of benzene rings is 3. The van der Waals surface area contributed by atoms with Crippen LogP contribution < -0.4 is 18.9 Å². The van der Waals surface area contributed by atoms with Crippen LogP contribution in [0.2, 0.25) is 0 Å². The van der Waals surface area contributed by atoms with Crippen molar-refractivity contribution >= 4 is 0 Å². The van der Waals surface area contributed by atoms with Crippen LogP contribution >= 0.6 is 0 Å². The summed E-state index contributed by atoms with van der Waals surface area (Å²) in [6.07, 6.45) is 1.89. The molecular formula is C29H30O6. The van der Waals surface area contributed by atoms with Gasteiger partial charge >= 0.3 is 0 Å². The summed E-state index contributed by atoms with van der Waals surface area (Å²) >= 11 is 0. The average Bonchev–Trinajstić information content (AvgIpc) is 3.15. The van der Waals surface area contributed by atoms with Crippen LogP contribution in [0, 0.1) is 0 Å². The van der Waals surface area contributed by atoms with Gasteiger partial charge in [0.1, 0.15) is 0 Å². The molecule has 6 rings (SSSR count). The summed E-state index contributed by atoms with van der Waals surface area (Å²) in [5.41, 5.74) is 4.63. The van der Waals surface area contributed by atoms with E-state index in [1.807, 2.05) is 0 Å². The standard InChI is InChI=1S/C29H30O6/c1-27(2)13-29(17-9-22(33-6)21(32-5)7-15(17)27)14-28(3,4)16-8-23-24(10-18(16)29)35-26-12-20(31)19(30)11-25(26)34-23/h7-12,30-31H,13-14H2,1-6H3. The van der Waals surface area contributed by atoms with Crippen LogP contribution in [0.5, 0.6) is 46.0 Å². The van der Waals surface area contributed by atoms with Gasteiger partial charge in [-0.1, -0.05) is 27.7 Å². The molecule has 0 amide bonds. The molecule has 0 aromatic heterocycles. The van der Waals surface area contributed by atoms with Gasteiger partial charge in [-0.3, -0.25) is 0 Å². The lowest BCUT2D eigenvalue weighted by molar-refractivity contribution is 0.343. The number of hydrogen-bond acceptors (Lipinski definition) is 6. The van der Waals surface area contributed by atoms with E-state index >= 15 is 0 Å². The monoisotopic (exact) mass is 474 g/mol. The maximum absolute atomic E-state index is 9.97. The molecule has 0 radical (unpaired) electrons. The lowest BCUT2D eigenvalue weighted by Gasteiger charge is -2.31. The predicted octanol–water partition coefficient (Wildman–Crippen LogP) is 6.66. The zero-order valence-corrected chi connectivity index (χ0v) is 20.9. The molecule has 0 bridgehead atoms. The Bertz CT molecular complexity index is 1400. The molecule has 35 heavy (non-hydrogen) atoms. The van der Waals surface area contributed by atoms with E-state index in [0.717, 1.165) is 24.3 Å². The Morgan fingerprint density at radius 1 is 0.600 bits per heavy atom. The van der Waals surface area contributed by atoms with Gasteiger partial charge in [-0.25, -0.2) is 0 Å². The minimum Gasteiger partial charge on any atom is -0.504 e. The molecule has 6 nitrogen and oxygen atoms in total. The minimum absolute atomic E-state index is 0.0598. The summed E-state index contributed by atoms with van der Waals surface area (Å²) < 4.78 is 23.7. The summed E-state index contributed by atoms with van der Waals surface area (Å²) in [5, 5.41) is 19.9. The van der Waals surface area contributed by atoms with Crippen molar-refractivity contribution in [3.05, 3.63) is 58.7 Å². The molecule has 2 N–H and O–H groups in total. The maximum atomic E-state index is 9.97. The topological polar surface area (TPSA) is 77.4 Å². The normalized spacial score (nSPS) is 21.9. The van der Waals surface area contributed by atoms with Crippen LogP contribution in [0.1, 0.15) is 62.8 Å².